The normalized spacial score (nSPS) is 15.2. The number of carbonyl (C=O) groups is 3. The number of carbonyl (C=O) groups excluding carboxylic acids is 1. The number of ether oxygens (including phenoxy) is 1. The number of fused-ring (bicyclic) bond motifs is 1. The van der Waals surface area contributed by atoms with Crippen molar-refractivity contribution in [2.24, 2.45) is 0 Å². The van der Waals surface area contributed by atoms with E-state index in [1.807, 2.05) is 6.07 Å². The Morgan fingerprint density at radius 3 is 2.47 bits per heavy atom. The van der Waals surface area contributed by atoms with Crippen LogP contribution in [0.25, 0.3) is 5.69 Å². The molecule has 1 aliphatic heterocycles. The van der Waals surface area contributed by atoms with Crippen LogP contribution in [0.4, 0.5) is 5.69 Å². The van der Waals surface area contributed by atoms with Gasteiger partial charge in [0.2, 0.25) is 5.91 Å². The minimum atomic E-state index is -1.16. The molecule has 0 saturated carbocycles. The third kappa shape index (κ3) is 3.28. The fourth-order valence-corrected chi connectivity index (χ4v) is 3.74. The Morgan fingerprint density at radius 1 is 1.10 bits per heavy atom. The molecule has 0 unspecified atom stereocenters. The number of hydrogen-bond donors (Lipinski definition) is 3. The van der Waals surface area contributed by atoms with Gasteiger partial charge in [-0.1, -0.05) is 18.2 Å². The van der Waals surface area contributed by atoms with Crippen LogP contribution in [0.3, 0.4) is 0 Å². The highest BCUT2D eigenvalue weighted by Gasteiger charge is 2.34. The summed E-state index contributed by atoms with van der Waals surface area (Å²) in [4.78, 5) is 35.4. The smallest absolute Gasteiger partial charge is 0.339 e. The number of anilines is 1. The third-order valence-electron chi connectivity index (χ3n) is 5.15. The van der Waals surface area contributed by atoms with Crippen molar-refractivity contribution >= 4 is 23.5 Å². The van der Waals surface area contributed by atoms with Gasteiger partial charge < -0.3 is 24.8 Å². The number of nitrogens with zero attached hydrogens (tertiary/aromatic N) is 1. The second kappa shape index (κ2) is 7.40. The molecule has 4 rings (SSSR count). The van der Waals surface area contributed by atoms with Crippen molar-refractivity contribution in [2.75, 3.05) is 12.4 Å². The largest absolute Gasteiger partial charge is 0.497 e. The molecule has 0 fully saturated rings. The third-order valence-corrected chi connectivity index (χ3v) is 5.15. The van der Waals surface area contributed by atoms with E-state index in [1.165, 1.54) is 18.3 Å². The van der Waals surface area contributed by atoms with Gasteiger partial charge in [-0.05, 0) is 29.8 Å². The lowest BCUT2D eigenvalue weighted by atomic mass is 9.87. The summed E-state index contributed by atoms with van der Waals surface area (Å²) in [6.45, 7) is 0. The van der Waals surface area contributed by atoms with Gasteiger partial charge in [-0.15, -0.1) is 0 Å². The fraction of sp³-hybridized carbons (Fsp3) is 0.136. The number of rotatable bonds is 5. The molecular weight excluding hydrogens is 388 g/mol. The predicted molar refractivity (Wildman–Crippen MR) is 108 cm³/mol. The van der Waals surface area contributed by atoms with Gasteiger partial charge in [0.15, 0.2) is 0 Å². The second-order valence-corrected chi connectivity index (χ2v) is 6.91. The van der Waals surface area contributed by atoms with Gasteiger partial charge in [0, 0.05) is 30.3 Å². The van der Waals surface area contributed by atoms with Gasteiger partial charge in [0.05, 0.1) is 24.1 Å². The molecule has 2 aromatic carbocycles. The number of aromatic carboxylic acids is 2. The van der Waals surface area contributed by atoms with Crippen molar-refractivity contribution in [3.8, 4) is 11.4 Å². The first-order valence-electron chi connectivity index (χ1n) is 9.15. The Hall–Kier alpha value is -4.07. The molecule has 0 bridgehead atoms. The molecule has 0 aliphatic carbocycles. The minimum absolute atomic E-state index is 0.0203. The van der Waals surface area contributed by atoms with Crippen LogP contribution < -0.4 is 10.1 Å². The molecule has 1 amide bonds. The van der Waals surface area contributed by atoms with Crippen LogP contribution in [0.15, 0.2) is 54.7 Å². The van der Waals surface area contributed by atoms with E-state index in [-0.39, 0.29) is 29.1 Å². The molecule has 8 heteroatoms. The fourth-order valence-electron chi connectivity index (χ4n) is 3.74. The first-order valence-corrected chi connectivity index (χ1v) is 9.15. The first kappa shape index (κ1) is 19.3. The standard InChI is InChI=1S/C22H18N2O6/c1-30-15-4-2-3-14(9-15)24-11-17(22(28)29)19-20(24)16(10-18(25)23-19)12-5-7-13(8-6-12)21(26)27/h2-9,11,16H,10H2,1H3,(H,23,25)(H,26,27)(H,28,29)/t16-/m0/s1. The van der Waals surface area contributed by atoms with Crippen LogP contribution in [0.2, 0.25) is 0 Å². The molecule has 0 spiro atoms. The van der Waals surface area contributed by atoms with Crippen molar-refractivity contribution in [2.45, 2.75) is 12.3 Å². The number of aromatic nitrogens is 1. The summed E-state index contributed by atoms with van der Waals surface area (Å²) < 4.78 is 7.02. The van der Waals surface area contributed by atoms with E-state index in [2.05, 4.69) is 5.32 Å². The van der Waals surface area contributed by atoms with E-state index in [0.717, 1.165) is 5.56 Å². The van der Waals surface area contributed by atoms with Gasteiger partial charge in [0.1, 0.15) is 11.3 Å². The van der Waals surface area contributed by atoms with Gasteiger partial charge in [-0.3, -0.25) is 4.79 Å². The highest BCUT2D eigenvalue weighted by Crippen LogP contribution is 2.42. The maximum atomic E-state index is 12.4. The Balaban J connectivity index is 1.92. The monoisotopic (exact) mass is 406 g/mol. The molecule has 152 valence electrons. The summed E-state index contributed by atoms with van der Waals surface area (Å²) in [6.07, 6.45) is 1.58. The van der Waals surface area contributed by atoms with Gasteiger partial charge in [0.25, 0.3) is 0 Å². The molecule has 8 nitrogen and oxygen atoms in total. The van der Waals surface area contributed by atoms with Crippen LogP contribution in [0.5, 0.6) is 5.75 Å². The van der Waals surface area contributed by atoms with E-state index in [4.69, 9.17) is 9.84 Å². The average Bonchev–Trinajstić information content (AvgIpc) is 3.13. The Kier molecular flexibility index (Phi) is 4.75. The van der Waals surface area contributed by atoms with Crippen LogP contribution in [0, 0.1) is 0 Å². The zero-order valence-corrected chi connectivity index (χ0v) is 16.0. The van der Waals surface area contributed by atoms with Crippen molar-refractivity contribution in [1.82, 2.24) is 4.57 Å². The van der Waals surface area contributed by atoms with Crippen LogP contribution >= 0.6 is 0 Å². The molecule has 3 aromatic rings. The summed E-state index contributed by atoms with van der Waals surface area (Å²) in [5.41, 5.74) is 2.37. The molecule has 0 saturated heterocycles. The number of carboxylic acid groups (broad SMARTS) is 2. The number of amides is 1. The zero-order chi connectivity index (χ0) is 21.4. The van der Waals surface area contributed by atoms with Crippen LogP contribution in [-0.4, -0.2) is 39.7 Å². The molecule has 1 aliphatic rings. The Morgan fingerprint density at radius 2 is 1.83 bits per heavy atom. The quantitative estimate of drug-likeness (QED) is 0.598. The summed E-state index contributed by atoms with van der Waals surface area (Å²) >= 11 is 0. The van der Waals surface area contributed by atoms with Crippen molar-refractivity contribution in [3.05, 3.63) is 77.1 Å². The lowest BCUT2D eigenvalue weighted by Gasteiger charge is -2.26. The van der Waals surface area contributed by atoms with Crippen LogP contribution in [0.1, 0.15) is 44.3 Å². The molecule has 1 atom stereocenters. The maximum absolute atomic E-state index is 12.4. The first-order chi connectivity index (χ1) is 14.4. The predicted octanol–water partition coefficient (Wildman–Crippen LogP) is 3.36. The number of carboxylic acids is 2. The van der Waals surface area contributed by atoms with E-state index in [0.29, 0.717) is 17.1 Å². The highest BCUT2D eigenvalue weighted by atomic mass is 16.5. The lowest BCUT2D eigenvalue weighted by Crippen LogP contribution is -2.25. The molecule has 3 N–H and O–H groups in total. The summed E-state index contributed by atoms with van der Waals surface area (Å²) in [5, 5.41) is 21.5. The molecular formula is C22H18N2O6. The SMILES string of the molecule is COc1cccc(-n2cc(C(=O)O)c3c2[C@H](c2ccc(C(=O)O)cc2)CC(=O)N3)c1. The van der Waals surface area contributed by atoms with Gasteiger partial charge >= 0.3 is 11.9 Å². The number of benzene rings is 2. The van der Waals surface area contributed by atoms with Gasteiger partial charge in [-0.2, -0.15) is 0 Å². The van der Waals surface area contributed by atoms with Crippen molar-refractivity contribution in [3.63, 3.8) is 0 Å². The van der Waals surface area contributed by atoms with Crippen LogP contribution in [-0.2, 0) is 4.79 Å². The zero-order valence-electron chi connectivity index (χ0n) is 16.0. The lowest BCUT2D eigenvalue weighted by molar-refractivity contribution is -0.116. The topological polar surface area (TPSA) is 118 Å². The van der Waals surface area contributed by atoms with E-state index in [9.17, 15) is 19.5 Å². The molecule has 2 heterocycles. The number of nitrogens with one attached hydrogen (secondary N) is 1. The van der Waals surface area contributed by atoms with Crippen molar-refractivity contribution < 1.29 is 29.3 Å². The molecule has 1 aromatic heterocycles. The van der Waals surface area contributed by atoms with E-state index < -0.39 is 17.9 Å². The van der Waals surface area contributed by atoms with Crippen molar-refractivity contribution in [1.29, 1.82) is 0 Å². The van der Waals surface area contributed by atoms with Gasteiger partial charge in [-0.25, -0.2) is 9.59 Å². The van der Waals surface area contributed by atoms with E-state index >= 15 is 0 Å². The summed E-state index contributed by atoms with van der Waals surface area (Å²) in [5.74, 6) is -2.35. The Bertz CT molecular complexity index is 1160. The minimum Gasteiger partial charge on any atom is -0.497 e. The second-order valence-electron chi connectivity index (χ2n) is 6.91. The average molecular weight is 406 g/mol. The molecule has 30 heavy (non-hydrogen) atoms. The number of hydrogen-bond acceptors (Lipinski definition) is 4. The summed E-state index contributed by atoms with van der Waals surface area (Å²) in [7, 11) is 1.54. The summed E-state index contributed by atoms with van der Waals surface area (Å²) in [6, 6.07) is 13.4. The highest BCUT2D eigenvalue weighted by molar-refractivity contribution is 6.04. The maximum Gasteiger partial charge on any atom is 0.339 e. The Labute approximate surface area is 171 Å². The van der Waals surface area contributed by atoms with E-state index in [1.54, 1.807) is 42.0 Å². The number of methoxy groups -OCH3 is 1. The molecule has 0 radical (unpaired) electrons.